The molecule has 3 nitrogen and oxygen atoms in total. The van der Waals surface area contributed by atoms with Gasteiger partial charge in [0.25, 0.3) is 5.91 Å². The quantitative estimate of drug-likeness (QED) is 0.740. The van der Waals surface area contributed by atoms with E-state index in [-0.39, 0.29) is 11.9 Å². The molecule has 0 spiro atoms. The SMILES string of the molecule is Cc1sc(Cl)nc1C(=O)N1CCC[C@H]1c1cccc(Br)c1. The summed E-state index contributed by atoms with van der Waals surface area (Å²) in [6.45, 7) is 2.66. The smallest absolute Gasteiger partial charge is 0.274 e. The summed E-state index contributed by atoms with van der Waals surface area (Å²) >= 11 is 10.8. The first kappa shape index (κ1) is 15.0. The molecule has 6 heteroatoms. The molecule has 2 heterocycles. The molecule has 2 aromatic rings. The number of carbonyl (C=O) groups is 1. The summed E-state index contributed by atoms with van der Waals surface area (Å²) in [7, 11) is 0. The van der Waals surface area contributed by atoms with E-state index < -0.39 is 0 Å². The molecule has 1 aromatic heterocycles. The minimum absolute atomic E-state index is 0.0156. The number of amides is 1. The zero-order valence-electron chi connectivity index (χ0n) is 11.5. The van der Waals surface area contributed by atoms with Crippen molar-refractivity contribution in [2.45, 2.75) is 25.8 Å². The molecule has 0 aliphatic carbocycles. The Labute approximate surface area is 141 Å². The monoisotopic (exact) mass is 384 g/mol. The van der Waals surface area contributed by atoms with Crippen LogP contribution in [0.1, 0.15) is 39.8 Å². The molecule has 0 N–H and O–H groups in total. The molecular weight excluding hydrogens is 372 g/mol. The zero-order chi connectivity index (χ0) is 15.0. The third-order valence-electron chi connectivity index (χ3n) is 3.72. The standard InChI is InChI=1S/C15H14BrClN2OS/c1-9-13(18-15(17)21-9)14(20)19-7-3-6-12(19)10-4-2-5-11(16)8-10/h2,4-5,8,12H,3,6-7H2,1H3/t12-/m0/s1. The van der Waals surface area contributed by atoms with Crippen LogP contribution in [0.2, 0.25) is 4.47 Å². The Bertz CT molecular complexity index is 688. The van der Waals surface area contributed by atoms with Crippen LogP contribution < -0.4 is 0 Å². The molecule has 110 valence electrons. The first-order valence-corrected chi connectivity index (χ1v) is 8.74. The lowest BCUT2D eigenvalue weighted by molar-refractivity contribution is 0.0730. The van der Waals surface area contributed by atoms with E-state index in [0.717, 1.165) is 34.3 Å². The Morgan fingerprint density at radius 3 is 3.00 bits per heavy atom. The van der Waals surface area contributed by atoms with Crippen LogP contribution in [0, 0.1) is 6.92 Å². The van der Waals surface area contributed by atoms with Crippen molar-refractivity contribution in [3.63, 3.8) is 0 Å². The van der Waals surface area contributed by atoms with Gasteiger partial charge in [-0.05, 0) is 37.5 Å². The van der Waals surface area contributed by atoms with Gasteiger partial charge in [-0.15, -0.1) is 11.3 Å². The average molecular weight is 386 g/mol. The number of likely N-dealkylation sites (tertiary alicyclic amines) is 1. The molecule has 1 aromatic carbocycles. The summed E-state index contributed by atoms with van der Waals surface area (Å²) in [5, 5.41) is 0. The van der Waals surface area contributed by atoms with Crippen molar-refractivity contribution in [3.8, 4) is 0 Å². The van der Waals surface area contributed by atoms with E-state index in [9.17, 15) is 4.79 Å². The third-order valence-corrected chi connectivity index (χ3v) is 5.29. The third kappa shape index (κ3) is 3.00. The molecule has 1 atom stereocenters. The molecule has 0 radical (unpaired) electrons. The second kappa shape index (κ2) is 6.07. The van der Waals surface area contributed by atoms with Gasteiger partial charge in [-0.25, -0.2) is 4.98 Å². The molecule has 3 rings (SSSR count). The Morgan fingerprint density at radius 2 is 2.33 bits per heavy atom. The lowest BCUT2D eigenvalue weighted by atomic mass is 10.0. The fourth-order valence-electron chi connectivity index (χ4n) is 2.77. The van der Waals surface area contributed by atoms with Gasteiger partial charge >= 0.3 is 0 Å². The summed E-state index contributed by atoms with van der Waals surface area (Å²) in [6, 6.07) is 8.27. The van der Waals surface area contributed by atoms with Crippen molar-refractivity contribution in [2.24, 2.45) is 0 Å². The zero-order valence-corrected chi connectivity index (χ0v) is 14.6. The van der Waals surface area contributed by atoms with Crippen LogP contribution in [0.25, 0.3) is 0 Å². The largest absolute Gasteiger partial charge is 0.330 e. The van der Waals surface area contributed by atoms with E-state index in [0.29, 0.717) is 10.2 Å². The number of thiazole rings is 1. The van der Waals surface area contributed by atoms with Gasteiger partial charge in [0.15, 0.2) is 4.47 Å². The minimum atomic E-state index is -0.0156. The van der Waals surface area contributed by atoms with Crippen molar-refractivity contribution in [2.75, 3.05) is 6.54 Å². The molecule has 1 saturated heterocycles. The Kier molecular flexibility index (Phi) is 4.33. The maximum Gasteiger partial charge on any atom is 0.274 e. The second-order valence-electron chi connectivity index (χ2n) is 5.08. The van der Waals surface area contributed by atoms with Crippen LogP contribution in [0.5, 0.6) is 0 Å². The van der Waals surface area contributed by atoms with Gasteiger partial charge in [0.2, 0.25) is 0 Å². The normalized spacial score (nSPS) is 18.2. The maximum absolute atomic E-state index is 12.7. The van der Waals surface area contributed by atoms with Crippen molar-refractivity contribution in [1.82, 2.24) is 9.88 Å². The fourth-order valence-corrected chi connectivity index (χ4v) is 4.24. The summed E-state index contributed by atoms with van der Waals surface area (Å²) in [5.74, 6) is -0.0156. The van der Waals surface area contributed by atoms with Gasteiger partial charge in [-0.3, -0.25) is 4.79 Å². The predicted octanol–water partition coefficient (Wildman–Crippen LogP) is 4.84. The predicted molar refractivity (Wildman–Crippen MR) is 89.0 cm³/mol. The Hall–Kier alpha value is -0.910. The van der Waals surface area contributed by atoms with Crippen LogP contribution in [-0.4, -0.2) is 22.3 Å². The molecule has 0 bridgehead atoms. The van der Waals surface area contributed by atoms with Gasteiger partial charge < -0.3 is 4.90 Å². The molecule has 1 fully saturated rings. The van der Waals surface area contributed by atoms with Crippen molar-refractivity contribution >= 4 is 44.8 Å². The minimum Gasteiger partial charge on any atom is -0.330 e. The lowest BCUT2D eigenvalue weighted by Gasteiger charge is -2.24. The molecule has 1 amide bonds. The van der Waals surface area contributed by atoms with E-state index in [1.807, 2.05) is 24.0 Å². The number of nitrogens with zero attached hydrogens (tertiary/aromatic N) is 2. The first-order valence-electron chi connectivity index (χ1n) is 6.75. The van der Waals surface area contributed by atoms with Gasteiger partial charge in [-0.2, -0.15) is 0 Å². The number of benzene rings is 1. The van der Waals surface area contributed by atoms with E-state index in [1.54, 1.807) is 0 Å². The van der Waals surface area contributed by atoms with Crippen molar-refractivity contribution < 1.29 is 4.79 Å². The number of halogens is 2. The second-order valence-corrected chi connectivity index (χ2v) is 7.78. The van der Waals surface area contributed by atoms with Crippen molar-refractivity contribution in [3.05, 3.63) is 49.3 Å². The molecule has 0 saturated carbocycles. The van der Waals surface area contributed by atoms with Gasteiger partial charge in [-0.1, -0.05) is 39.7 Å². The molecular formula is C15H14BrClN2OS. The molecule has 1 aliphatic heterocycles. The number of hydrogen-bond acceptors (Lipinski definition) is 3. The summed E-state index contributed by atoms with van der Waals surface area (Å²) in [4.78, 5) is 19.7. The number of hydrogen-bond donors (Lipinski definition) is 0. The topological polar surface area (TPSA) is 33.2 Å². The molecule has 1 aliphatic rings. The maximum atomic E-state index is 12.7. The molecule has 0 unspecified atom stereocenters. The highest BCUT2D eigenvalue weighted by Crippen LogP contribution is 2.35. The lowest BCUT2D eigenvalue weighted by Crippen LogP contribution is -2.31. The van der Waals surface area contributed by atoms with Crippen LogP contribution >= 0.6 is 38.9 Å². The van der Waals surface area contributed by atoms with Gasteiger partial charge in [0.05, 0.1) is 6.04 Å². The first-order chi connectivity index (χ1) is 10.1. The van der Waals surface area contributed by atoms with Gasteiger partial charge in [0.1, 0.15) is 5.69 Å². The number of carbonyl (C=O) groups excluding carboxylic acids is 1. The molecule has 21 heavy (non-hydrogen) atoms. The summed E-state index contributed by atoms with van der Waals surface area (Å²) in [5.41, 5.74) is 1.65. The Balaban J connectivity index is 1.90. The van der Waals surface area contributed by atoms with E-state index >= 15 is 0 Å². The van der Waals surface area contributed by atoms with E-state index in [2.05, 4.69) is 33.0 Å². The number of rotatable bonds is 2. The Morgan fingerprint density at radius 1 is 1.52 bits per heavy atom. The highest BCUT2D eigenvalue weighted by Gasteiger charge is 2.32. The van der Waals surface area contributed by atoms with Crippen LogP contribution in [0.15, 0.2) is 28.7 Å². The fraction of sp³-hybridized carbons (Fsp3) is 0.333. The highest BCUT2D eigenvalue weighted by atomic mass is 79.9. The van der Waals surface area contributed by atoms with E-state index in [1.165, 1.54) is 11.3 Å². The van der Waals surface area contributed by atoms with Crippen LogP contribution in [0.3, 0.4) is 0 Å². The average Bonchev–Trinajstić information content (AvgIpc) is 3.04. The highest BCUT2D eigenvalue weighted by molar-refractivity contribution is 9.10. The van der Waals surface area contributed by atoms with E-state index in [4.69, 9.17) is 11.6 Å². The number of aromatic nitrogens is 1. The van der Waals surface area contributed by atoms with Gasteiger partial charge in [0, 0.05) is 15.9 Å². The van der Waals surface area contributed by atoms with Crippen LogP contribution in [-0.2, 0) is 0 Å². The summed E-state index contributed by atoms with van der Waals surface area (Å²) < 4.78 is 1.46. The summed E-state index contributed by atoms with van der Waals surface area (Å²) in [6.07, 6.45) is 2.00. The van der Waals surface area contributed by atoms with Crippen molar-refractivity contribution in [1.29, 1.82) is 0 Å². The van der Waals surface area contributed by atoms with Crippen LogP contribution in [0.4, 0.5) is 0 Å². The number of aryl methyl sites for hydroxylation is 1.